The van der Waals surface area contributed by atoms with Crippen LogP contribution in [0.1, 0.15) is 60.4 Å². The van der Waals surface area contributed by atoms with Crippen LogP contribution in [0.4, 0.5) is 0 Å². The monoisotopic (exact) mass is 758 g/mol. The number of aliphatic hydroxyl groups excluding tert-OH is 2. The molecule has 2 aliphatic rings. The van der Waals surface area contributed by atoms with Crippen LogP contribution in [-0.4, -0.2) is 76.5 Å². The summed E-state index contributed by atoms with van der Waals surface area (Å²) in [5.41, 5.74) is 6.17. The lowest BCUT2D eigenvalue weighted by Crippen LogP contribution is -2.36. The van der Waals surface area contributed by atoms with Crippen molar-refractivity contribution in [2.45, 2.75) is 71.4 Å². The van der Waals surface area contributed by atoms with Gasteiger partial charge in [0.2, 0.25) is 0 Å². The zero-order chi connectivity index (χ0) is 37.3. The molecule has 1 unspecified atom stereocenters. The minimum absolute atomic E-state index is 0.234. The number of halogens is 2. The minimum Gasteiger partial charge on any atom is -0.492 e. The van der Waals surface area contributed by atoms with E-state index in [1.165, 1.54) is 19.0 Å². The van der Waals surface area contributed by atoms with Crippen LogP contribution >= 0.6 is 23.2 Å². The van der Waals surface area contributed by atoms with E-state index < -0.39 is 6.10 Å². The average molecular weight is 760 g/mol. The molecule has 0 bridgehead atoms. The third-order valence-corrected chi connectivity index (χ3v) is 11.0. The Morgan fingerprint density at radius 2 is 1.74 bits per heavy atom. The molecule has 0 aliphatic carbocycles. The molecule has 53 heavy (non-hydrogen) atoms. The number of β-amino-alcohol motifs (C(OH)–C–C–N with tert-alkyl or cyclic N) is 1. The minimum atomic E-state index is -0.726. The number of hydrogen-bond acceptors (Lipinski definition) is 9. The van der Waals surface area contributed by atoms with Gasteiger partial charge < -0.3 is 29.3 Å². The second-order valence-electron chi connectivity index (χ2n) is 14.2. The predicted octanol–water partition coefficient (Wildman–Crippen LogP) is 7.82. The summed E-state index contributed by atoms with van der Waals surface area (Å²) in [5, 5.41) is 29.4. The van der Waals surface area contributed by atoms with Crippen LogP contribution in [0.3, 0.4) is 0 Å². The number of likely N-dealkylation sites (tertiary alicyclic amines) is 2. The second-order valence-corrected chi connectivity index (χ2v) is 15.0. The van der Waals surface area contributed by atoms with Gasteiger partial charge in [-0.15, -0.1) is 0 Å². The van der Waals surface area contributed by atoms with Crippen molar-refractivity contribution in [1.82, 2.24) is 14.8 Å². The number of aromatic nitrogens is 1. The molecule has 11 heteroatoms. The first-order chi connectivity index (χ1) is 25.7. The number of pyridine rings is 1. The lowest BCUT2D eigenvalue weighted by Gasteiger charge is -2.33. The van der Waals surface area contributed by atoms with Crippen LogP contribution in [0.15, 0.2) is 67.0 Å². The van der Waals surface area contributed by atoms with Gasteiger partial charge in [-0.1, -0.05) is 60.0 Å². The Morgan fingerprint density at radius 3 is 2.55 bits per heavy atom. The zero-order valence-electron chi connectivity index (χ0n) is 30.4. The number of aliphatic hydroxyl groups is 2. The van der Waals surface area contributed by atoms with Crippen molar-refractivity contribution >= 4 is 23.2 Å². The third-order valence-electron chi connectivity index (χ3n) is 10.4. The summed E-state index contributed by atoms with van der Waals surface area (Å²) < 4.78 is 19.0. The van der Waals surface area contributed by atoms with Crippen molar-refractivity contribution < 1.29 is 24.4 Å². The molecule has 3 atom stereocenters. The Morgan fingerprint density at radius 1 is 0.925 bits per heavy atom. The fraction of sp³-hybridized carbons (Fsp3) is 0.429. The summed E-state index contributed by atoms with van der Waals surface area (Å²) in [4.78, 5) is 8.81. The van der Waals surface area contributed by atoms with Gasteiger partial charge in [-0.25, -0.2) is 0 Å². The Labute approximate surface area is 322 Å². The van der Waals surface area contributed by atoms with Crippen LogP contribution in [-0.2, 0) is 19.8 Å². The molecule has 2 aliphatic heterocycles. The molecule has 2 fully saturated rings. The topological polar surface area (TPSA) is 111 Å². The van der Waals surface area contributed by atoms with E-state index in [1.807, 2.05) is 42.5 Å². The predicted molar refractivity (Wildman–Crippen MR) is 208 cm³/mol. The van der Waals surface area contributed by atoms with E-state index in [0.29, 0.717) is 64.5 Å². The maximum Gasteiger partial charge on any atom is 0.142 e. The number of nitriles is 1. The fourth-order valence-electron chi connectivity index (χ4n) is 7.24. The molecule has 1 aromatic heterocycles. The summed E-state index contributed by atoms with van der Waals surface area (Å²) in [6.07, 6.45) is 7.05. The number of piperidine rings is 1. The van der Waals surface area contributed by atoms with Crippen LogP contribution in [0.2, 0.25) is 10.0 Å². The van der Waals surface area contributed by atoms with Gasteiger partial charge in [-0.2, -0.15) is 5.26 Å². The average Bonchev–Trinajstić information content (AvgIpc) is 3.62. The van der Waals surface area contributed by atoms with Gasteiger partial charge in [0.15, 0.2) is 0 Å². The summed E-state index contributed by atoms with van der Waals surface area (Å²) in [6, 6.07) is 20.2. The third kappa shape index (κ3) is 10.0. The van der Waals surface area contributed by atoms with Crippen molar-refractivity contribution in [3.05, 3.63) is 105 Å². The summed E-state index contributed by atoms with van der Waals surface area (Å²) in [7, 11) is 0. The van der Waals surface area contributed by atoms with Crippen molar-refractivity contribution in [1.29, 1.82) is 5.26 Å². The van der Waals surface area contributed by atoms with Gasteiger partial charge in [0.1, 0.15) is 36.5 Å². The number of ether oxygens (including phenoxy) is 3. The molecule has 2 saturated heterocycles. The van der Waals surface area contributed by atoms with Gasteiger partial charge in [0.25, 0.3) is 0 Å². The van der Waals surface area contributed by atoms with Gasteiger partial charge >= 0.3 is 0 Å². The highest BCUT2D eigenvalue weighted by Gasteiger charge is 2.25. The molecule has 6 rings (SSSR count). The molecular formula is C42H48Cl2N4O5. The maximum atomic E-state index is 9.81. The number of rotatable bonds is 15. The summed E-state index contributed by atoms with van der Waals surface area (Å²) in [6.45, 7) is 9.03. The quantitative estimate of drug-likeness (QED) is 0.125. The fourth-order valence-corrected chi connectivity index (χ4v) is 7.76. The molecule has 3 aromatic carbocycles. The normalized spacial score (nSPS) is 18.4. The lowest BCUT2D eigenvalue weighted by molar-refractivity contribution is 0.0643. The van der Waals surface area contributed by atoms with Gasteiger partial charge in [-0.3, -0.25) is 9.88 Å². The van der Waals surface area contributed by atoms with E-state index >= 15 is 0 Å². The Bertz CT molecular complexity index is 1900. The molecule has 2 N–H and O–H groups in total. The van der Waals surface area contributed by atoms with E-state index in [2.05, 4.69) is 40.8 Å². The van der Waals surface area contributed by atoms with E-state index in [0.717, 1.165) is 65.9 Å². The Balaban J connectivity index is 1.17. The highest BCUT2D eigenvalue weighted by molar-refractivity contribution is 6.35. The van der Waals surface area contributed by atoms with Gasteiger partial charge in [-0.05, 0) is 81.1 Å². The molecular weight excluding hydrogens is 711 g/mol. The number of hydrogen-bond donors (Lipinski definition) is 2. The van der Waals surface area contributed by atoms with Crippen molar-refractivity contribution in [3.8, 4) is 34.4 Å². The summed E-state index contributed by atoms with van der Waals surface area (Å²) >= 11 is 13.9. The molecule has 280 valence electrons. The lowest BCUT2D eigenvalue weighted by atomic mass is 9.96. The van der Waals surface area contributed by atoms with Crippen molar-refractivity contribution in [2.75, 3.05) is 39.4 Å². The second kappa shape index (κ2) is 18.4. The number of nitrogens with zero attached hydrogens (tertiary/aromatic N) is 4. The molecule has 4 aromatic rings. The standard InChI is InChI=1S/C42H48Cl2N4O5/c1-28-7-3-4-13-48(28)22-34-16-38(43)41(17-40(34)52-26-32-15-31(18-45)19-46-20-32)53-27-33-8-5-9-36(29(33)2)37-10-6-11-39(42(37)44)51-25-30-12-14-47(21-30)23-35(50)24-49/h5-6,8-11,15-17,19-20,28,30,35,49-50H,3-4,7,12-14,21-27H2,1-2H3/t28-,30+,35?/m1/s1. The SMILES string of the molecule is Cc1c(COc2cc(OCc3cncc(C#N)c3)c(CN3CCCC[C@H]3C)cc2Cl)cccc1-c1cccc(OC[C@H]2CCN(CC(O)CO)C2)c1Cl. The zero-order valence-corrected chi connectivity index (χ0v) is 32.0. The molecule has 9 nitrogen and oxygen atoms in total. The molecule has 3 heterocycles. The first kappa shape index (κ1) is 38.8. The van der Waals surface area contributed by atoms with E-state index in [9.17, 15) is 15.5 Å². The first-order valence-corrected chi connectivity index (χ1v) is 19.2. The van der Waals surface area contributed by atoms with E-state index in [-0.39, 0.29) is 19.8 Å². The molecule has 0 spiro atoms. The van der Waals surface area contributed by atoms with E-state index in [1.54, 1.807) is 12.3 Å². The molecule has 0 amide bonds. The summed E-state index contributed by atoms with van der Waals surface area (Å²) in [5.74, 6) is 2.16. The maximum absolute atomic E-state index is 9.81. The highest BCUT2D eigenvalue weighted by atomic mass is 35.5. The van der Waals surface area contributed by atoms with Crippen LogP contribution in [0, 0.1) is 24.2 Å². The molecule has 0 radical (unpaired) electrons. The largest absolute Gasteiger partial charge is 0.492 e. The van der Waals surface area contributed by atoms with Crippen LogP contribution in [0.5, 0.6) is 17.2 Å². The van der Waals surface area contributed by atoms with Crippen LogP contribution in [0.25, 0.3) is 11.1 Å². The number of benzene rings is 3. The Kier molecular flexibility index (Phi) is 13.5. The Hall–Kier alpha value is -3.88. The van der Waals surface area contributed by atoms with Crippen molar-refractivity contribution in [3.63, 3.8) is 0 Å². The smallest absolute Gasteiger partial charge is 0.142 e. The van der Waals surface area contributed by atoms with E-state index in [4.69, 9.17) is 37.4 Å². The van der Waals surface area contributed by atoms with Gasteiger partial charge in [0, 0.05) is 66.7 Å². The first-order valence-electron chi connectivity index (χ1n) is 18.4. The van der Waals surface area contributed by atoms with Crippen LogP contribution < -0.4 is 14.2 Å². The molecule has 0 saturated carbocycles. The highest BCUT2D eigenvalue weighted by Crippen LogP contribution is 2.39. The van der Waals surface area contributed by atoms with Crippen molar-refractivity contribution in [2.24, 2.45) is 5.92 Å². The van der Waals surface area contributed by atoms with Gasteiger partial charge in [0.05, 0.1) is 34.9 Å².